The minimum Gasteiger partial charge on any atom is -0.497 e. The van der Waals surface area contributed by atoms with Crippen molar-refractivity contribution in [2.24, 2.45) is 0 Å². The molecule has 5 heteroatoms. The molecule has 180 valence electrons. The van der Waals surface area contributed by atoms with Crippen LogP contribution in [-0.4, -0.2) is 48.1 Å². The highest BCUT2D eigenvalue weighted by Crippen LogP contribution is 2.47. The van der Waals surface area contributed by atoms with Gasteiger partial charge >= 0.3 is 0 Å². The second-order valence-electron chi connectivity index (χ2n) is 10.7. The van der Waals surface area contributed by atoms with E-state index in [1.807, 2.05) is 18.2 Å². The minimum atomic E-state index is 0.0664. The molecule has 1 amide bonds. The molecule has 6 rings (SSSR count). The lowest BCUT2D eigenvalue weighted by atomic mass is 9.92. The summed E-state index contributed by atoms with van der Waals surface area (Å²) >= 11 is 0. The van der Waals surface area contributed by atoms with Crippen molar-refractivity contribution in [2.45, 2.75) is 94.0 Å². The Labute approximate surface area is 203 Å². The summed E-state index contributed by atoms with van der Waals surface area (Å²) < 4.78 is 5.59. The molecule has 5 atom stereocenters. The molecule has 2 N–H and O–H groups in total. The maximum absolute atomic E-state index is 12.9. The van der Waals surface area contributed by atoms with Crippen LogP contribution in [0.1, 0.15) is 85.3 Å². The SMILES string of the molecule is COc1cccc(C(c2ccc(C(=O)NC3CCCCC3)cc2)N2C3CCC2C2CCC3N2)c1. The number of piperazine rings is 1. The molecular formula is C29H37N3O2. The summed E-state index contributed by atoms with van der Waals surface area (Å²) in [5, 5.41) is 7.17. The molecule has 0 spiro atoms. The van der Waals surface area contributed by atoms with Crippen LogP contribution in [0.2, 0.25) is 0 Å². The first-order valence-electron chi connectivity index (χ1n) is 13.3. The van der Waals surface area contributed by atoms with Crippen LogP contribution < -0.4 is 15.4 Å². The fourth-order valence-electron chi connectivity index (χ4n) is 7.17. The number of amides is 1. The number of benzene rings is 2. The van der Waals surface area contributed by atoms with Crippen LogP contribution in [-0.2, 0) is 0 Å². The van der Waals surface area contributed by atoms with Crippen LogP contribution in [0.4, 0.5) is 0 Å². The van der Waals surface area contributed by atoms with E-state index in [2.05, 4.69) is 45.9 Å². The number of methoxy groups -OCH3 is 1. The van der Waals surface area contributed by atoms with Gasteiger partial charge in [-0.05, 0) is 73.9 Å². The monoisotopic (exact) mass is 459 g/mol. The van der Waals surface area contributed by atoms with E-state index in [0.29, 0.717) is 30.2 Å². The predicted octanol–water partition coefficient (Wildman–Crippen LogP) is 4.81. The molecule has 34 heavy (non-hydrogen) atoms. The Hall–Kier alpha value is -2.37. The molecular weight excluding hydrogens is 422 g/mol. The van der Waals surface area contributed by atoms with Gasteiger partial charge in [-0.1, -0.05) is 43.5 Å². The Balaban J connectivity index is 1.30. The number of carbonyl (C=O) groups excluding carboxylic acids is 1. The summed E-state index contributed by atoms with van der Waals surface area (Å²) in [6.07, 6.45) is 11.1. The standard InChI is InChI=1S/C29H37N3O2/c1-34-23-9-5-6-21(18-23)28(32-26-16-17-27(32)25-15-14-24(26)31-25)19-10-12-20(13-11-19)29(33)30-22-7-3-2-4-8-22/h5-6,9-13,18,22,24-28,31H,2-4,7-8,14-17H2,1H3,(H,30,33). The molecule has 4 fully saturated rings. The summed E-state index contributed by atoms with van der Waals surface area (Å²) in [7, 11) is 1.74. The van der Waals surface area contributed by atoms with E-state index in [1.165, 1.54) is 56.1 Å². The molecule has 5 unspecified atom stereocenters. The van der Waals surface area contributed by atoms with Crippen molar-refractivity contribution in [1.29, 1.82) is 0 Å². The number of hydrogen-bond donors (Lipinski definition) is 2. The molecule has 3 heterocycles. The van der Waals surface area contributed by atoms with Gasteiger partial charge in [-0.15, -0.1) is 0 Å². The number of hydrogen-bond acceptors (Lipinski definition) is 4. The lowest BCUT2D eigenvalue weighted by Crippen LogP contribution is -2.59. The Bertz CT molecular complexity index is 998. The van der Waals surface area contributed by atoms with E-state index in [-0.39, 0.29) is 11.9 Å². The van der Waals surface area contributed by atoms with Crippen molar-refractivity contribution in [1.82, 2.24) is 15.5 Å². The molecule has 1 saturated carbocycles. The van der Waals surface area contributed by atoms with Gasteiger partial charge in [0.15, 0.2) is 0 Å². The number of fused-ring (bicyclic) bond motifs is 6. The molecule has 2 aromatic rings. The van der Waals surface area contributed by atoms with Crippen LogP contribution in [0.25, 0.3) is 0 Å². The molecule has 5 nitrogen and oxygen atoms in total. The summed E-state index contributed by atoms with van der Waals surface area (Å²) in [6, 6.07) is 19.8. The van der Waals surface area contributed by atoms with Gasteiger partial charge < -0.3 is 15.4 Å². The first kappa shape index (κ1) is 22.1. The van der Waals surface area contributed by atoms with Crippen molar-refractivity contribution >= 4 is 5.91 Å². The van der Waals surface area contributed by atoms with Gasteiger partial charge in [0.1, 0.15) is 5.75 Å². The number of nitrogens with one attached hydrogen (secondary N) is 2. The molecule has 1 aliphatic carbocycles. The number of carbonyl (C=O) groups is 1. The quantitative estimate of drug-likeness (QED) is 0.651. The van der Waals surface area contributed by atoms with Crippen molar-refractivity contribution in [3.63, 3.8) is 0 Å². The summed E-state index contributed by atoms with van der Waals surface area (Å²) in [6.45, 7) is 0. The predicted molar refractivity (Wildman–Crippen MR) is 134 cm³/mol. The second-order valence-corrected chi connectivity index (χ2v) is 10.7. The Morgan fingerprint density at radius 3 is 2.29 bits per heavy atom. The van der Waals surface area contributed by atoms with Crippen LogP contribution in [0.3, 0.4) is 0 Å². The highest BCUT2D eigenvalue weighted by molar-refractivity contribution is 5.94. The smallest absolute Gasteiger partial charge is 0.251 e. The fourth-order valence-corrected chi connectivity index (χ4v) is 7.17. The minimum absolute atomic E-state index is 0.0664. The zero-order chi connectivity index (χ0) is 23.1. The van der Waals surface area contributed by atoms with Crippen LogP contribution in [0.5, 0.6) is 5.75 Å². The average Bonchev–Trinajstić information content (AvgIpc) is 3.45. The summed E-state index contributed by atoms with van der Waals surface area (Å²) in [5.41, 5.74) is 3.31. The number of ether oxygens (including phenoxy) is 1. The second kappa shape index (κ2) is 9.35. The van der Waals surface area contributed by atoms with E-state index < -0.39 is 0 Å². The van der Waals surface area contributed by atoms with Crippen molar-refractivity contribution < 1.29 is 9.53 Å². The van der Waals surface area contributed by atoms with Gasteiger partial charge in [0, 0.05) is 35.8 Å². The fraction of sp³-hybridized carbons (Fsp3) is 0.552. The van der Waals surface area contributed by atoms with Gasteiger partial charge in [0.2, 0.25) is 0 Å². The Kier molecular flexibility index (Phi) is 6.08. The lowest BCUT2D eigenvalue weighted by molar-refractivity contribution is 0.0807. The molecule has 4 bridgehead atoms. The molecule has 2 aromatic carbocycles. The lowest BCUT2D eigenvalue weighted by Gasteiger charge is -2.45. The van der Waals surface area contributed by atoms with E-state index in [4.69, 9.17) is 4.74 Å². The van der Waals surface area contributed by atoms with Crippen LogP contribution in [0, 0.1) is 0 Å². The molecule has 4 aliphatic rings. The van der Waals surface area contributed by atoms with Crippen molar-refractivity contribution in [3.8, 4) is 5.75 Å². The zero-order valence-corrected chi connectivity index (χ0v) is 20.2. The topological polar surface area (TPSA) is 53.6 Å². The van der Waals surface area contributed by atoms with Gasteiger partial charge in [-0.3, -0.25) is 9.69 Å². The highest BCUT2D eigenvalue weighted by Gasteiger charge is 2.52. The normalized spacial score (nSPS) is 29.7. The van der Waals surface area contributed by atoms with Gasteiger partial charge in [-0.25, -0.2) is 0 Å². The maximum atomic E-state index is 12.9. The van der Waals surface area contributed by atoms with E-state index >= 15 is 0 Å². The van der Waals surface area contributed by atoms with Crippen molar-refractivity contribution in [2.75, 3.05) is 7.11 Å². The van der Waals surface area contributed by atoms with Gasteiger partial charge in [-0.2, -0.15) is 0 Å². The third-order valence-corrected chi connectivity index (χ3v) is 8.81. The number of nitrogens with zero attached hydrogens (tertiary/aromatic N) is 1. The number of rotatable bonds is 6. The van der Waals surface area contributed by atoms with Crippen molar-refractivity contribution in [3.05, 3.63) is 65.2 Å². The first-order chi connectivity index (χ1) is 16.7. The Morgan fingerprint density at radius 2 is 1.62 bits per heavy atom. The van der Waals surface area contributed by atoms with Gasteiger partial charge in [0.05, 0.1) is 13.2 Å². The third kappa shape index (κ3) is 4.03. The third-order valence-electron chi connectivity index (χ3n) is 8.81. The average molecular weight is 460 g/mol. The first-order valence-corrected chi connectivity index (χ1v) is 13.3. The highest BCUT2D eigenvalue weighted by atomic mass is 16.5. The summed E-state index contributed by atoms with van der Waals surface area (Å²) in [4.78, 5) is 15.7. The molecule has 3 aliphatic heterocycles. The molecule has 0 radical (unpaired) electrons. The largest absolute Gasteiger partial charge is 0.497 e. The van der Waals surface area contributed by atoms with Crippen LogP contribution >= 0.6 is 0 Å². The molecule has 0 aromatic heterocycles. The molecule has 3 saturated heterocycles. The zero-order valence-electron chi connectivity index (χ0n) is 20.2. The van der Waals surface area contributed by atoms with E-state index in [1.54, 1.807) is 7.11 Å². The van der Waals surface area contributed by atoms with Crippen LogP contribution in [0.15, 0.2) is 48.5 Å². The summed E-state index contributed by atoms with van der Waals surface area (Å²) in [5.74, 6) is 0.966. The van der Waals surface area contributed by atoms with E-state index in [9.17, 15) is 4.79 Å². The Morgan fingerprint density at radius 1 is 0.912 bits per heavy atom. The maximum Gasteiger partial charge on any atom is 0.251 e. The van der Waals surface area contributed by atoms with E-state index in [0.717, 1.165) is 24.2 Å². The van der Waals surface area contributed by atoms with Gasteiger partial charge in [0.25, 0.3) is 5.91 Å².